The monoisotopic (exact) mass is 252 g/mol. The maximum absolute atomic E-state index is 12.9. The van der Waals surface area contributed by atoms with Crippen LogP contribution in [-0.2, 0) is 0 Å². The van der Waals surface area contributed by atoms with Crippen LogP contribution >= 0.6 is 0 Å². The first-order valence-corrected chi connectivity index (χ1v) is 5.52. The maximum atomic E-state index is 12.9. The van der Waals surface area contributed by atoms with Gasteiger partial charge >= 0.3 is 6.03 Å². The number of benzene rings is 1. The molecule has 5 nitrogen and oxygen atoms in total. The number of nitrogens with one attached hydrogen (secondary N) is 2. The Morgan fingerprint density at radius 3 is 2.83 bits per heavy atom. The summed E-state index contributed by atoms with van der Waals surface area (Å²) in [6, 6.07) is 5.10. The molecule has 1 unspecified atom stereocenters. The van der Waals surface area contributed by atoms with Crippen LogP contribution in [0.4, 0.5) is 14.9 Å². The van der Waals surface area contributed by atoms with Crippen molar-refractivity contribution in [2.24, 2.45) is 5.73 Å². The minimum absolute atomic E-state index is 0.0212. The fourth-order valence-electron chi connectivity index (χ4n) is 1.43. The first kappa shape index (κ1) is 14.0. The first-order chi connectivity index (χ1) is 8.40. The lowest BCUT2D eigenvalue weighted by molar-refractivity contribution is 0.209. The molecule has 0 aliphatic heterocycles. The van der Waals surface area contributed by atoms with E-state index in [1.807, 2.05) is 0 Å². The van der Waals surface area contributed by atoms with Crippen LogP contribution in [0.1, 0.15) is 13.3 Å². The van der Waals surface area contributed by atoms with Gasteiger partial charge in [0.1, 0.15) is 5.82 Å². The number of nitrogens with two attached hydrogens (primary N) is 1. The second-order valence-electron chi connectivity index (χ2n) is 4.13. The average Bonchev–Trinajstić information content (AvgIpc) is 2.27. The molecule has 1 aromatic rings. The minimum Gasteiger partial charge on any atom is -0.388 e. The zero-order valence-electron chi connectivity index (χ0n) is 10.4. The number of halogens is 1. The summed E-state index contributed by atoms with van der Waals surface area (Å²) < 4.78 is 12.9. The molecule has 0 saturated carbocycles. The van der Waals surface area contributed by atoms with E-state index in [9.17, 15) is 9.18 Å². The number of urea groups is 1. The highest BCUT2D eigenvalue weighted by molar-refractivity contribution is 5.89. The molecule has 98 valence electrons. The van der Waals surface area contributed by atoms with Gasteiger partial charge in [0.2, 0.25) is 0 Å². The highest BCUT2D eigenvalue weighted by Gasteiger charge is 2.16. The number of hydrogen-bond acceptors (Lipinski definition) is 2. The lowest BCUT2D eigenvalue weighted by Crippen LogP contribution is -2.40. The molecule has 1 aromatic carbocycles. The van der Waals surface area contributed by atoms with Crippen LogP contribution in [0.3, 0.4) is 0 Å². The zero-order valence-corrected chi connectivity index (χ0v) is 10.4. The molecule has 0 bridgehead atoms. The van der Waals surface area contributed by atoms with E-state index in [4.69, 9.17) is 11.1 Å². The topological polar surface area (TPSA) is 82.2 Å². The summed E-state index contributed by atoms with van der Waals surface area (Å²) in [4.78, 5) is 13.3. The number of rotatable bonds is 4. The molecule has 1 rings (SSSR count). The van der Waals surface area contributed by atoms with E-state index in [-0.39, 0.29) is 17.9 Å². The van der Waals surface area contributed by atoms with Crippen molar-refractivity contribution in [3.05, 3.63) is 30.1 Å². The van der Waals surface area contributed by atoms with E-state index in [1.165, 1.54) is 23.1 Å². The summed E-state index contributed by atoms with van der Waals surface area (Å²) in [5.41, 5.74) is 5.67. The quantitative estimate of drug-likeness (QED) is 0.566. The third-order valence-electron chi connectivity index (χ3n) is 2.57. The summed E-state index contributed by atoms with van der Waals surface area (Å²) in [6.45, 7) is 1.78. The predicted octanol–water partition coefficient (Wildman–Crippen LogP) is 2.00. The molecule has 4 N–H and O–H groups in total. The van der Waals surface area contributed by atoms with Gasteiger partial charge in [-0.15, -0.1) is 0 Å². The van der Waals surface area contributed by atoms with Crippen molar-refractivity contribution < 1.29 is 9.18 Å². The lowest BCUT2D eigenvalue weighted by Gasteiger charge is -2.24. The first-order valence-electron chi connectivity index (χ1n) is 5.52. The molecule has 0 spiro atoms. The molecule has 0 aliphatic carbocycles. The molecule has 0 heterocycles. The van der Waals surface area contributed by atoms with Crippen molar-refractivity contribution in [1.29, 1.82) is 5.41 Å². The number of amidine groups is 1. The molecule has 1 atom stereocenters. The van der Waals surface area contributed by atoms with Crippen LogP contribution in [0, 0.1) is 11.2 Å². The molecule has 0 aliphatic rings. The summed E-state index contributed by atoms with van der Waals surface area (Å²) in [7, 11) is 1.60. The van der Waals surface area contributed by atoms with Gasteiger partial charge in [-0.05, 0) is 25.1 Å². The number of amides is 2. The Morgan fingerprint density at radius 2 is 2.28 bits per heavy atom. The normalized spacial score (nSPS) is 11.7. The summed E-state index contributed by atoms with van der Waals surface area (Å²) in [5.74, 6) is -0.389. The Balaban J connectivity index is 2.62. The molecule has 18 heavy (non-hydrogen) atoms. The van der Waals surface area contributed by atoms with Gasteiger partial charge in [0.25, 0.3) is 0 Å². The average molecular weight is 252 g/mol. The fraction of sp³-hybridized carbons (Fsp3) is 0.333. The third kappa shape index (κ3) is 4.04. The van der Waals surface area contributed by atoms with Crippen molar-refractivity contribution in [2.75, 3.05) is 12.4 Å². The van der Waals surface area contributed by atoms with Crippen LogP contribution < -0.4 is 11.1 Å². The molecule has 0 saturated heterocycles. The van der Waals surface area contributed by atoms with E-state index >= 15 is 0 Å². The van der Waals surface area contributed by atoms with Gasteiger partial charge in [0, 0.05) is 25.2 Å². The zero-order chi connectivity index (χ0) is 13.7. The standard InChI is InChI=1S/C12H17FN4O/c1-8(6-11(14)15)17(2)12(18)16-10-5-3-4-9(13)7-10/h3-5,7-8H,6H2,1-2H3,(H3,14,15)(H,16,18). The Labute approximate surface area is 105 Å². The highest BCUT2D eigenvalue weighted by Crippen LogP contribution is 2.11. The molecular formula is C12H17FN4O. The molecule has 0 fully saturated rings. The van der Waals surface area contributed by atoms with E-state index < -0.39 is 5.82 Å². The minimum atomic E-state index is -0.410. The van der Waals surface area contributed by atoms with Crippen molar-refractivity contribution in [1.82, 2.24) is 4.90 Å². The summed E-state index contributed by atoms with van der Waals surface area (Å²) in [5, 5.41) is 9.75. The summed E-state index contributed by atoms with van der Waals surface area (Å²) >= 11 is 0. The Bertz CT molecular complexity index is 449. The molecular weight excluding hydrogens is 235 g/mol. The fourth-order valence-corrected chi connectivity index (χ4v) is 1.43. The van der Waals surface area contributed by atoms with E-state index in [2.05, 4.69) is 5.32 Å². The Hall–Kier alpha value is -2.11. The molecule has 6 heteroatoms. The van der Waals surface area contributed by atoms with Crippen LogP contribution in [-0.4, -0.2) is 29.9 Å². The number of anilines is 1. The van der Waals surface area contributed by atoms with Gasteiger partial charge in [-0.1, -0.05) is 6.07 Å². The van der Waals surface area contributed by atoms with Crippen molar-refractivity contribution in [3.8, 4) is 0 Å². The van der Waals surface area contributed by atoms with Gasteiger partial charge in [-0.2, -0.15) is 0 Å². The SMILES string of the molecule is CC(CC(=N)N)N(C)C(=O)Nc1cccc(F)c1. The van der Waals surface area contributed by atoms with Crippen LogP contribution in [0.2, 0.25) is 0 Å². The number of carbonyl (C=O) groups is 1. The molecule has 0 aromatic heterocycles. The van der Waals surface area contributed by atoms with E-state index in [0.29, 0.717) is 12.1 Å². The number of nitrogens with zero attached hydrogens (tertiary/aromatic N) is 1. The van der Waals surface area contributed by atoms with E-state index in [1.54, 1.807) is 20.0 Å². The molecule has 2 amide bonds. The van der Waals surface area contributed by atoms with Crippen molar-refractivity contribution in [3.63, 3.8) is 0 Å². The number of hydrogen-bond donors (Lipinski definition) is 3. The largest absolute Gasteiger partial charge is 0.388 e. The van der Waals surface area contributed by atoms with Crippen molar-refractivity contribution >= 4 is 17.6 Å². The highest BCUT2D eigenvalue weighted by atomic mass is 19.1. The smallest absolute Gasteiger partial charge is 0.321 e. The molecule has 0 radical (unpaired) electrons. The van der Waals surface area contributed by atoms with E-state index in [0.717, 1.165) is 0 Å². The van der Waals surface area contributed by atoms with Crippen LogP contribution in [0.25, 0.3) is 0 Å². The van der Waals surface area contributed by atoms with Crippen LogP contribution in [0.15, 0.2) is 24.3 Å². The van der Waals surface area contributed by atoms with Gasteiger partial charge < -0.3 is 16.0 Å². The second kappa shape index (κ2) is 6.00. The van der Waals surface area contributed by atoms with Crippen molar-refractivity contribution in [2.45, 2.75) is 19.4 Å². The lowest BCUT2D eigenvalue weighted by atomic mass is 10.2. The second-order valence-corrected chi connectivity index (χ2v) is 4.13. The van der Waals surface area contributed by atoms with Gasteiger partial charge in [-0.25, -0.2) is 9.18 Å². The number of carbonyl (C=O) groups excluding carboxylic acids is 1. The van der Waals surface area contributed by atoms with Gasteiger partial charge in [0.05, 0.1) is 5.84 Å². The third-order valence-corrected chi connectivity index (χ3v) is 2.57. The Morgan fingerprint density at radius 1 is 1.61 bits per heavy atom. The Kier molecular flexibility index (Phi) is 4.65. The van der Waals surface area contributed by atoms with Gasteiger partial charge in [-0.3, -0.25) is 5.41 Å². The van der Waals surface area contributed by atoms with Crippen LogP contribution in [0.5, 0.6) is 0 Å². The van der Waals surface area contributed by atoms with Gasteiger partial charge in [0.15, 0.2) is 0 Å². The summed E-state index contributed by atoms with van der Waals surface area (Å²) in [6.07, 6.45) is 0.299. The maximum Gasteiger partial charge on any atom is 0.321 e. The predicted molar refractivity (Wildman–Crippen MR) is 69.2 cm³/mol.